The molecule has 5 nitrogen and oxygen atoms in total. The van der Waals surface area contributed by atoms with Crippen LogP contribution in [0.15, 0.2) is 24.3 Å². The van der Waals surface area contributed by atoms with Gasteiger partial charge in [-0.3, -0.25) is 4.79 Å². The first-order valence-corrected chi connectivity index (χ1v) is 10.7. The fraction of sp³-hybridized carbons (Fsp3) is 0.696. The van der Waals surface area contributed by atoms with Gasteiger partial charge in [-0.05, 0) is 68.6 Å². The molecule has 5 heteroatoms. The van der Waals surface area contributed by atoms with Gasteiger partial charge >= 0.3 is 0 Å². The van der Waals surface area contributed by atoms with Crippen LogP contribution in [0.1, 0.15) is 50.5 Å². The summed E-state index contributed by atoms with van der Waals surface area (Å²) in [5.74, 6) is 1.83. The molecule has 1 saturated carbocycles. The van der Waals surface area contributed by atoms with Crippen molar-refractivity contribution in [2.24, 2.45) is 5.92 Å². The maximum Gasteiger partial charge on any atom is 0.233 e. The lowest BCUT2D eigenvalue weighted by atomic mass is 9.78. The van der Waals surface area contributed by atoms with Crippen molar-refractivity contribution in [3.63, 3.8) is 0 Å². The second kappa shape index (κ2) is 8.03. The van der Waals surface area contributed by atoms with Crippen LogP contribution in [0.4, 0.5) is 0 Å². The van der Waals surface area contributed by atoms with Crippen molar-refractivity contribution in [2.75, 3.05) is 40.5 Å². The van der Waals surface area contributed by atoms with Crippen molar-refractivity contribution in [1.82, 2.24) is 4.90 Å². The van der Waals surface area contributed by atoms with Gasteiger partial charge in [0.05, 0.1) is 18.1 Å². The number of rotatable bonds is 6. The number of amides is 1. The van der Waals surface area contributed by atoms with E-state index in [0.717, 1.165) is 82.6 Å². The van der Waals surface area contributed by atoms with E-state index in [-0.39, 0.29) is 11.0 Å². The van der Waals surface area contributed by atoms with Gasteiger partial charge in [-0.25, -0.2) is 0 Å². The standard InChI is InChI=1S/C23H33NO4/c1-26-15-7-18-8-16-28-22(17-18)11-13-24(14-12-22)21(25)23(9-10-23)19-3-5-20(27-2)6-4-19/h3-6,18H,7-17H2,1-2H3. The van der Waals surface area contributed by atoms with Gasteiger partial charge in [0.25, 0.3) is 0 Å². The Morgan fingerprint density at radius 1 is 1.14 bits per heavy atom. The summed E-state index contributed by atoms with van der Waals surface area (Å²) in [5, 5.41) is 0. The molecule has 3 fully saturated rings. The molecule has 0 N–H and O–H groups in total. The van der Waals surface area contributed by atoms with E-state index in [1.54, 1.807) is 14.2 Å². The number of likely N-dealkylation sites (tertiary alicyclic amines) is 1. The largest absolute Gasteiger partial charge is 0.497 e. The third kappa shape index (κ3) is 3.79. The van der Waals surface area contributed by atoms with E-state index in [1.807, 2.05) is 12.1 Å². The van der Waals surface area contributed by atoms with Crippen LogP contribution in [-0.4, -0.2) is 56.9 Å². The minimum Gasteiger partial charge on any atom is -0.497 e. The molecule has 0 radical (unpaired) electrons. The first-order valence-electron chi connectivity index (χ1n) is 10.7. The highest BCUT2D eigenvalue weighted by Crippen LogP contribution is 2.50. The monoisotopic (exact) mass is 387 g/mol. The van der Waals surface area contributed by atoms with Crippen LogP contribution >= 0.6 is 0 Å². The molecule has 1 aromatic carbocycles. The fourth-order valence-corrected chi connectivity index (χ4v) is 5.09. The summed E-state index contributed by atoms with van der Waals surface area (Å²) in [6, 6.07) is 8.04. The molecule has 1 aromatic rings. The summed E-state index contributed by atoms with van der Waals surface area (Å²) in [7, 11) is 3.44. The van der Waals surface area contributed by atoms with E-state index in [9.17, 15) is 4.79 Å². The number of hydrogen-bond acceptors (Lipinski definition) is 4. The SMILES string of the molecule is COCCC1CCOC2(CCN(C(=O)C3(c4ccc(OC)cc4)CC3)CC2)C1. The number of carbonyl (C=O) groups is 1. The first-order chi connectivity index (χ1) is 13.6. The molecule has 1 unspecified atom stereocenters. The third-order valence-corrected chi connectivity index (χ3v) is 7.09. The Kier molecular flexibility index (Phi) is 5.66. The van der Waals surface area contributed by atoms with Gasteiger partial charge in [0.2, 0.25) is 5.91 Å². The van der Waals surface area contributed by atoms with Crippen molar-refractivity contribution < 1.29 is 19.0 Å². The van der Waals surface area contributed by atoms with Gasteiger partial charge in [0.1, 0.15) is 5.75 Å². The van der Waals surface area contributed by atoms with Crippen molar-refractivity contribution in [2.45, 2.75) is 56.0 Å². The number of carbonyl (C=O) groups excluding carboxylic acids is 1. The summed E-state index contributed by atoms with van der Waals surface area (Å²) >= 11 is 0. The molecule has 2 heterocycles. The van der Waals surface area contributed by atoms with Crippen LogP contribution in [0.25, 0.3) is 0 Å². The Balaban J connectivity index is 1.37. The molecule has 1 spiro atoms. The van der Waals surface area contributed by atoms with E-state index in [4.69, 9.17) is 14.2 Å². The number of hydrogen-bond donors (Lipinski definition) is 0. The van der Waals surface area contributed by atoms with Gasteiger partial charge in [0, 0.05) is 33.4 Å². The van der Waals surface area contributed by atoms with Gasteiger partial charge in [-0.2, -0.15) is 0 Å². The zero-order valence-corrected chi connectivity index (χ0v) is 17.2. The predicted octanol–water partition coefficient (Wildman–Crippen LogP) is 3.55. The smallest absolute Gasteiger partial charge is 0.233 e. The van der Waals surface area contributed by atoms with E-state index in [2.05, 4.69) is 17.0 Å². The van der Waals surface area contributed by atoms with E-state index in [1.165, 1.54) is 0 Å². The number of ether oxygens (including phenoxy) is 3. The summed E-state index contributed by atoms with van der Waals surface area (Å²) in [5.41, 5.74) is 0.808. The Hall–Kier alpha value is -1.59. The second-order valence-corrected chi connectivity index (χ2v) is 8.77. The summed E-state index contributed by atoms with van der Waals surface area (Å²) < 4.78 is 16.8. The maximum atomic E-state index is 13.4. The second-order valence-electron chi connectivity index (χ2n) is 8.77. The minimum atomic E-state index is -0.300. The highest BCUT2D eigenvalue weighted by Gasteiger charge is 2.54. The molecular weight excluding hydrogens is 354 g/mol. The molecule has 2 aliphatic heterocycles. The number of methoxy groups -OCH3 is 2. The van der Waals surface area contributed by atoms with Crippen LogP contribution in [0.2, 0.25) is 0 Å². The summed E-state index contributed by atoms with van der Waals surface area (Å²) in [4.78, 5) is 15.4. The molecule has 1 atom stereocenters. The van der Waals surface area contributed by atoms with Gasteiger partial charge in [-0.15, -0.1) is 0 Å². The van der Waals surface area contributed by atoms with Gasteiger partial charge in [-0.1, -0.05) is 12.1 Å². The van der Waals surface area contributed by atoms with Crippen molar-refractivity contribution >= 4 is 5.91 Å². The zero-order chi connectivity index (χ0) is 19.6. The Labute approximate surface area is 168 Å². The number of piperidine rings is 1. The van der Waals surface area contributed by atoms with Crippen LogP contribution in [0.5, 0.6) is 5.75 Å². The molecule has 4 rings (SSSR count). The highest BCUT2D eigenvalue weighted by atomic mass is 16.5. The maximum absolute atomic E-state index is 13.4. The van der Waals surface area contributed by atoms with E-state index in [0.29, 0.717) is 11.8 Å². The summed E-state index contributed by atoms with van der Waals surface area (Å²) in [6.07, 6.45) is 7.19. The molecule has 1 aliphatic carbocycles. The molecular formula is C23H33NO4. The van der Waals surface area contributed by atoms with Crippen molar-refractivity contribution in [3.8, 4) is 5.75 Å². The fourth-order valence-electron chi connectivity index (χ4n) is 5.09. The quantitative estimate of drug-likeness (QED) is 0.749. The predicted molar refractivity (Wildman–Crippen MR) is 108 cm³/mol. The lowest BCUT2D eigenvalue weighted by Gasteiger charge is -2.46. The lowest BCUT2D eigenvalue weighted by molar-refractivity contribution is -0.149. The molecule has 28 heavy (non-hydrogen) atoms. The average Bonchev–Trinajstić information content (AvgIpc) is 3.55. The minimum absolute atomic E-state index is 0.0235. The van der Waals surface area contributed by atoms with Crippen molar-refractivity contribution in [1.29, 1.82) is 0 Å². The van der Waals surface area contributed by atoms with E-state index < -0.39 is 0 Å². The molecule has 0 aromatic heterocycles. The normalized spacial score (nSPS) is 25.5. The van der Waals surface area contributed by atoms with Crippen LogP contribution < -0.4 is 4.74 Å². The molecule has 2 saturated heterocycles. The van der Waals surface area contributed by atoms with E-state index >= 15 is 0 Å². The molecule has 1 amide bonds. The molecule has 154 valence electrons. The Morgan fingerprint density at radius 2 is 1.86 bits per heavy atom. The number of nitrogens with zero attached hydrogens (tertiary/aromatic N) is 1. The third-order valence-electron chi connectivity index (χ3n) is 7.09. The topological polar surface area (TPSA) is 48.0 Å². The Bertz CT molecular complexity index is 674. The highest BCUT2D eigenvalue weighted by molar-refractivity contribution is 5.91. The van der Waals surface area contributed by atoms with Crippen LogP contribution in [0.3, 0.4) is 0 Å². The number of benzene rings is 1. The lowest BCUT2D eigenvalue weighted by Crippen LogP contribution is -2.52. The van der Waals surface area contributed by atoms with Crippen LogP contribution in [0, 0.1) is 5.92 Å². The van der Waals surface area contributed by atoms with Crippen LogP contribution in [-0.2, 0) is 19.7 Å². The summed E-state index contributed by atoms with van der Waals surface area (Å²) in [6.45, 7) is 3.30. The molecule has 3 aliphatic rings. The first kappa shape index (κ1) is 19.7. The molecule has 0 bridgehead atoms. The van der Waals surface area contributed by atoms with Gasteiger partial charge in [0.15, 0.2) is 0 Å². The average molecular weight is 388 g/mol. The zero-order valence-electron chi connectivity index (χ0n) is 17.2. The van der Waals surface area contributed by atoms with Gasteiger partial charge < -0.3 is 19.1 Å². The Morgan fingerprint density at radius 3 is 2.46 bits per heavy atom. The van der Waals surface area contributed by atoms with Crippen molar-refractivity contribution in [3.05, 3.63) is 29.8 Å².